The molecule has 1 heterocycles. The molecule has 122 valence electrons. The third-order valence-electron chi connectivity index (χ3n) is 3.60. The van der Waals surface area contributed by atoms with Crippen molar-refractivity contribution in [3.8, 4) is 0 Å². The van der Waals surface area contributed by atoms with E-state index < -0.39 is 17.6 Å². The van der Waals surface area contributed by atoms with E-state index in [4.69, 9.17) is 0 Å². The minimum atomic E-state index is -0.616. The lowest BCUT2D eigenvalue weighted by Crippen LogP contribution is -2.41. The Morgan fingerprint density at radius 3 is 2.46 bits per heavy atom. The number of halogens is 2. The molecule has 5 nitrogen and oxygen atoms in total. The molecule has 0 bridgehead atoms. The number of fused-ring (bicyclic) bond motifs is 1. The summed E-state index contributed by atoms with van der Waals surface area (Å²) >= 11 is 3.18. The highest BCUT2D eigenvalue weighted by Crippen LogP contribution is 2.20. The standard InChI is InChI=1S/C17H13BrFN3O2/c1-22-9-13(11-4-2-3-5-15(11)22)17(24)21-20-16(23)12-8-10(19)6-7-14(12)18/h2-9H,1H3,(H,20,23)(H,21,24). The van der Waals surface area contributed by atoms with Crippen LogP contribution in [0.15, 0.2) is 53.1 Å². The van der Waals surface area contributed by atoms with Crippen LogP contribution < -0.4 is 10.9 Å². The summed E-state index contributed by atoms with van der Waals surface area (Å²) in [5.41, 5.74) is 6.08. The monoisotopic (exact) mass is 389 g/mol. The third-order valence-corrected chi connectivity index (χ3v) is 4.30. The molecule has 0 radical (unpaired) electrons. The largest absolute Gasteiger partial charge is 0.350 e. The van der Waals surface area contributed by atoms with Gasteiger partial charge in [-0.2, -0.15) is 0 Å². The van der Waals surface area contributed by atoms with Gasteiger partial charge >= 0.3 is 0 Å². The SMILES string of the molecule is Cn1cc(C(=O)NNC(=O)c2cc(F)ccc2Br)c2ccccc21. The highest BCUT2D eigenvalue weighted by atomic mass is 79.9. The molecule has 1 aromatic heterocycles. The molecule has 0 unspecified atom stereocenters. The first-order valence-electron chi connectivity index (χ1n) is 7.07. The Bertz CT molecular complexity index is 952. The van der Waals surface area contributed by atoms with Crippen molar-refractivity contribution in [1.82, 2.24) is 15.4 Å². The minimum absolute atomic E-state index is 0.0909. The number of hydrazine groups is 1. The fourth-order valence-electron chi connectivity index (χ4n) is 2.44. The van der Waals surface area contributed by atoms with Gasteiger partial charge in [-0.05, 0) is 40.2 Å². The maximum absolute atomic E-state index is 13.3. The van der Waals surface area contributed by atoms with Gasteiger partial charge < -0.3 is 4.57 Å². The Morgan fingerprint density at radius 1 is 1.04 bits per heavy atom. The smallest absolute Gasteiger partial charge is 0.271 e. The first kappa shape index (κ1) is 16.2. The lowest BCUT2D eigenvalue weighted by atomic mass is 10.2. The molecule has 0 saturated heterocycles. The van der Waals surface area contributed by atoms with Gasteiger partial charge in [0.25, 0.3) is 11.8 Å². The van der Waals surface area contributed by atoms with Crippen molar-refractivity contribution < 1.29 is 14.0 Å². The molecule has 0 aliphatic carbocycles. The molecule has 3 rings (SSSR count). The van der Waals surface area contributed by atoms with Crippen molar-refractivity contribution in [2.75, 3.05) is 0 Å². The van der Waals surface area contributed by atoms with E-state index in [0.717, 1.165) is 17.0 Å². The van der Waals surface area contributed by atoms with Crippen LogP contribution in [-0.2, 0) is 7.05 Å². The Morgan fingerprint density at radius 2 is 1.71 bits per heavy atom. The number of aromatic nitrogens is 1. The molecule has 0 saturated carbocycles. The Hall–Kier alpha value is -2.67. The minimum Gasteiger partial charge on any atom is -0.350 e. The summed E-state index contributed by atoms with van der Waals surface area (Å²) in [6, 6.07) is 11.2. The molecule has 24 heavy (non-hydrogen) atoms. The quantitative estimate of drug-likeness (QED) is 0.661. The number of hydrogen-bond acceptors (Lipinski definition) is 2. The molecular weight excluding hydrogens is 377 g/mol. The van der Waals surface area contributed by atoms with E-state index in [1.165, 1.54) is 12.1 Å². The summed E-state index contributed by atoms with van der Waals surface area (Å²) in [6.45, 7) is 0. The number of rotatable bonds is 2. The molecule has 2 aromatic carbocycles. The lowest BCUT2D eigenvalue weighted by Gasteiger charge is -2.08. The average Bonchev–Trinajstić information content (AvgIpc) is 2.92. The molecule has 0 fully saturated rings. The fraction of sp³-hybridized carbons (Fsp3) is 0.0588. The molecule has 2 N–H and O–H groups in total. The lowest BCUT2D eigenvalue weighted by molar-refractivity contribution is 0.0847. The number of carbonyl (C=O) groups excluding carboxylic acids is 2. The van der Waals surface area contributed by atoms with Crippen LogP contribution in [0.3, 0.4) is 0 Å². The van der Waals surface area contributed by atoms with Gasteiger partial charge in [0.2, 0.25) is 0 Å². The zero-order chi connectivity index (χ0) is 17.3. The van der Waals surface area contributed by atoms with Crippen molar-refractivity contribution >= 4 is 38.6 Å². The summed E-state index contributed by atoms with van der Waals surface area (Å²) in [5, 5.41) is 0.777. The fourth-order valence-corrected chi connectivity index (χ4v) is 2.87. The van der Waals surface area contributed by atoms with Gasteiger partial charge in [0, 0.05) is 28.6 Å². The predicted molar refractivity (Wildman–Crippen MR) is 92.0 cm³/mol. The van der Waals surface area contributed by atoms with Gasteiger partial charge in [-0.1, -0.05) is 18.2 Å². The number of nitrogens with one attached hydrogen (secondary N) is 2. The maximum atomic E-state index is 13.3. The van der Waals surface area contributed by atoms with Gasteiger partial charge in [-0.25, -0.2) is 4.39 Å². The summed E-state index contributed by atoms with van der Waals surface area (Å²) in [5.74, 6) is -1.61. The number of amides is 2. The molecule has 0 aliphatic heterocycles. The summed E-state index contributed by atoms with van der Waals surface area (Å²) in [7, 11) is 1.83. The normalized spacial score (nSPS) is 10.6. The molecule has 0 atom stereocenters. The Balaban J connectivity index is 1.78. The number of nitrogens with zero attached hydrogens (tertiary/aromatic N) is 1. The second-order valence-electron chi connectivity index (χ2n) is 5.20. The first-order chi connectivity index (χ1) is 11.5. The number of carbonyl (C=O) groups is 2. The van der Waals surface area contributed by atoms with E-state index >= 15 is 0 Å². The molecular formula is C17H13BrFN3O2. The number of aryl methyl sites for hydroxylation is 1. The van der Waals surface area contributed by atoms with Gasteiger partial charge in [0.05, 0.1) is 11.1 Å². The van der Waals surface area contributed by atoms with Crippen molar-refractivity contribution in [2.45, 2.75) is 0 Å². The topological polar surface area (TPSA) is 63.1 Å². The summed E-state index contributed by atoms with van der Waals surface area (Å²) in [6.07, 6.45) is 1.68. The van der Waals surface area contributed by atoms with Crippen molar-refractivity contribution in [1.29, 1.82) is 0 Å². The van der Waals surface area contributed by atoms with Crippen LogP contribution in [-0.4, -0.2) is 16.4 Å². The van der Waals surface area contributed by atoms with Gasteiger partial charge in [0.1, 0.15) is 5.82 Å². The van der Waals surface area contributed by atoms with Crippen LogP contribution in [0.4, 0.5) is 4.39 Å². The zero-order valence-corrected chi connectivity index (χ0v) is 14.2. The molecule has 3 aromatic rings. The molecule has 0 spiro atoms. The van der Waals surface area contributed by atoms with E-state index in [2.05, 4.69) is 26.8 Å². The van der Waals surface area contributed by atoms with E-state index in [1.807, 2.05) is 35.9 Å². The zero-order valence-electron chi connectivity index (χ0n) is 12.6. The highest BCUT2D eigenvalue weighted by molar-refractivity contribution is 9.10. The second-order valence-corrected chi connectivity index (χ2v) is 6.06. The summed E-state index contributed by atoms with van der Waals surface area (Å²) in [4.78, 5) is 24.4. The summed E-state index contributed by atoms with van der Waals surface area (Å²) < 4.78 is 15.5. The Kier molecular flexibility index (Phi) is 4.35. The van der Waals surface area contributed by atoms with Gasteiger partial charge in [0.15, 0.2) is 0 Å². The number of para-hydroxylation sites is 1. The maximum Gasteiger partial charge on any atom is 0.271 e. The van der Waals surface area contributed by atoms with E-state index in [1.54, 1.807) is 6.20 Å². The number of hydrogen-bond donors (Lipinski definition) is 2. The first-order valence-corrected chi connectivity index (χ1v) is 7.86. The van der Waals surface area contributed by atoms with Crippen LogP contribution in [0.2, 0.25) is 0 Å². The third kappa shape index (κ3) is 3.03. The van der Waals surface area contributed by atoms with Crippen LogP contribution in [0.5, 0.6) is 0 Å². The predicted octanol–water partition coefficient (Wildman–Crippen LogP) is 3.15. The van der Waals surface area contributed by atoms with Crippen LogP contribution in [0.25, 0.3) is 10.9 Å². The van der Waals surface area contributed by atoms with Crippen LogP contribution >= 0.6 is 15.9 Å². The van der Waals surface area contributed by atoms with Crippen molar-refractivity contribution in [2.24, 2.45) is 7.05 Å². The van der Waals surface area contributed by atoms with Gasteiger partial charge in [-0.3, -0.25) is 20.4 Å². The number of benzene rings is 2. The Labute approximate surface area is 145 Å². The second kappa shape index (κ2) is 6.45. The average molecular weight is 390 g/mol. The van der Waals surface area contributed by atoms with E-state index in [0.29, 0.717) is 10.0 Å². The van der Waals surface area contributed by atoms with Gasteiger partial charge in [-0.15, -0.1) is 0 Å². The van der Waals surface area contributed by atoms with E-state index in [-0.39, 0.29) is 5.56 Å². The molecule has 0 aliphatic rings. The molecule has 7 heteroatoms. The van der Waals surface area contributed by atoms with Crippen LogP contribution in [0, 0.1) is 5.82 Å². The van der Waals surface area contributed by atoms with Crippen molar-refractivity contribution in [3.63, 3.8) is 0 Å². The van der Waals surface area contributed by atoms with E-state index in [9.17, 15) is 14.0 Å². The molecule has 2 amide bonds. The van der Waals surface area contributed by atoms with Crippen LogP contribution in [0.1, 0.15) is 20.7 Å². The van der Waals surface area contributed by atoms with Crippen molar-refractivity contribution in [3.05, 3.63) is 70.1 Å². The highest BCUT2D eigenvalue weighted by Gasteiger charge is 2.16.